The molecule has 1 amide bonds. The van der Waals surface area contributed by atoms with Gasteiger partial charge in [0.25, 0.3) is 0 Å². The van der Waals surface area contributed by atoms with Crippen LogP contribution in [0.25, 0.3) is 0 Å². The Morgan fingerprint density at radius 1 is 1.22 bits per heavy atom. The van der Waals surface area contributed by atoms with E-state index in [9.17, 15) is 4.79 Å². The van der Waals surface area contributed by atoms with Crippen molar-refractivity contribution in [1.82, 2.24) is 4.98 Å². The first-order chi connectivity index (χ1) is 8.70. The van der Waals surface area contributed by atoms with E-state index in [0.717, 1.165) is 42.8 Å². The number of amides is 1. The van der Waals surface area contributed by atoms with Gasteiger partial charge in [0, 0.05) is 6.20 Å². The molecule has 96 valence electrons. The highest BCUT2D eigenvalue weighted by Gasteiger charge is 2.42. The van der Waals surface area contributed by atoms with Crippen molar-refractivity contribution in [3.05, 3.63) is 17.8 Å². The van der Waals surface area contributed by atoms with Crippen molar-refractivity contribution >= 4 is 17.4 Å². The van der Waals surface area contributed by atoms with E-state index in [0.29, 0.717) is 0 Å². The molecule has 2 N–H and O–H groups in total. The summed E-state index contributed by atoms with van der Waals surface area (Å²) in [6.45, 7) is 1.98. The summed E-state index contributed by atoms with van der Waals surface area (Å²) >= 11 is 0. The fourth-order valence-corrected chi connectivity index (χ4v) is 2.97. The van der Waals surface area contributed by atoms with E-state index in [1.165, 1.54) is 12.8 Å². The van der Waals surface area contributed by atoms with Crippen LogP contribution in [0.15, 0.2) is 12.3 Å². The first-order valence-electron chi connectivity index (χ1n) is 6.76. The topological polar surface area (TPSA) is 54.0 Å². The molecule has 2 heterocycles. The minimum Gasteiger partial charge on any atom is -0.354 e. The van der Waals surface area contributed by atoms with Gasteiger partial charge in [0.1, 0.15) is 5.54 Å². The number of aryl methyl sites for hydroxylation is 1. The molecule has 18 heavy (non-hydrogen) atoms. The van der Waals surface area contributed by atoms with Crippen LogP contribution < -0.4 is 10.6 Å². The van der Waals surface area contributed by atoms with E-state index in [1.54, 1.807) is 0 Å². The number of nitrogens with one attached hydrogen (secondary N) is 2. The molecule has 1 aliphatic carbocycles. The molecule has 4 nitrogen and oxygen atoms in total. The lowest BCUT2D eigenvalue weighted by Crippen LogP contribution is -2.52. The average molecular weight is 245 g/mol. The number of nitrogens with zero attached hydrogens (tertiary/aromatic N) is 1. The summed E-state index contributed by atoms with van der Waals surface area (Å²) in [5.74, 6) is 0.936. The van der Waals surface area contributed by atoms with Crippen molar-refractivity contribution < 1.29 is 4.79 Å². The zero-order valence-electron chi connectivity index (χ0n) is 10.8. The fourth-order valence-electron chi connectivity index (χ4n) is 2.97. The number of hydrogen-bond acceptors (Lipinski definition) is 3. The molecule has 4 heteroatoms. The Morgan fingerprint density at radius 2 is 1.94 bits per heavy atom. The Kier molecular flexibility index (Phi) is 2.73. The Labute approximate surface area is 107 Å². The molecule has 1 aromatic rings. The van der Waals surface area contributed by atoms with E-state index in [4.69, 9.17) is 0 Å². The summed E-state index contributed by atoms with van der Waals surface area (Å²) in [5, 5.41) is 6.43. The molecule has 0 radical (unpaired) electrons. The van der Waals surface area contributed by atoms with Gasteiger partial charge in [0.2, 0.25) is 5.91 Å². The summed E-state index contributed by atoms with van der Waals surface area (Å²) in [4.78, 5) is 16.8. The number of fused-ring (bicyclic) bond motifs is 1. The number of rotatable bonds is 0. The first-order valence-corrected chi connectivity index (χ1v) is 6.76. The number of carbonyl (C=O) groups excluding carboxylic acids is 1. The first kappa shape index (κ1) is 11.5. The van der Waals surface area contributed by atoms with Gasteiger partial charge in [-0.1, -0.05) is 25.7 Å². The second kappa shape index (κ2) is 4.26. The van der Waals surface area contributed by atoms with Crippen LogP contribution in [-0.2, 0) is 4.79 Å². The smallest absolute Gasteiger partial charge is 0.250 e. The molecule has 0 atom stereocenters. The maximum atomic E-state index is 12.4. The molecule has 2 aliphatic rings. The summed E-state index contributed by atoms with van der Waals surface area (Å²) in [6.07, 6.45) is 8.34. The lowest BCUT2D eigenvalue weighted by Gasteiger charge is -2.37. The molecule has 1 fully saturated rings. The Hall–Kier alpha value is -1.58. The van der Waals surface area contributed by atoms with Gasteiger partial charge in [-0.3, -0.25) is 4.79 Å². The molecule has 0 aromatic carbocycles. The number of carbonyl (C=O) groups is 1. The monoisotopic (exact) mass is 245 g/mol. The lowest BCUT2D eigenvalue weighted by atomic mass is 9.87. The van der Waals surface area contributed by atoms with Crippen LogP contribution >= 0.6 is 0 Å². The third-order valence-corrected chi connectivity index (χ3v) is 4.02. The zero-order valence-corrected chi connectivity index (χ0v) is 10.8. The fraction of sp³-hybridized carbons (Fsp3) is 0.571. The van der Waals surface area contributed by atoms with E-state index >= 15 is 0 Å². The van der Waals surface area contributed by atoms with Crippen molar-refractivity contribution in [3.63, 3.8) is 0 Å². The Morgan fingerprint density at radius 3 is 2.67 bits per heavy atom. The maximum Gasteiger partial charge on any atom is 0.250 e. The minimum atomic E-state index is -0.425. The summed E-state index contributed by atoms with van der Waals surface area (Å²) in [5.41, 5.74) is 1.45. The van der Waals surface area contributed by atoms with E-state index in [2.05, 4.69) is 15.6 Å². The van der Waals surface area contributed by atoms with Crippen LogP contribution in [0.1, 0.15) is 44.1 Å². The van der Waals surface area contributed by atoms with E-state index < -0.39 is 5.54 Å². The molecule has 0 saturated heterocycles. The molecular weight excluding hydrogens is 226 g/mol. The van der Waals surface area contributed by atoms with Crippen LogP contribution in [0.2, 0.25) is 0 Å². The third kappa shape index (κ3) is 1.85. The van der Waals surface area contributed by atoms with Crippen molar-refractivity contribution in [1.29, 1.82) is 0 Å². The second-order valence-electron chi connectivity index (χ2n) is 5.48. The summed E-state index contributed by atoms with van der Waals surface area (Å²) < 4.78 is 0. The Balaban J connectivity index is 1.95. The van der Waals surface area contributed by atoms with Crippen molar-refractivity contribution in [2.24, 2.45) is 0 Å². The normalized spacial score (nSPS) is 21.7. The minimum absolute atomic E-state index is 0.115. The number of pyridine rings is 1. The largest absolute Gasteiger partial charge is 0.354 e. The van der Waals surface area contributed by atoms with Crippen LogP contribution in [0.5, 0.6) is 0 Å². The highest BCUT2D eigenvalue weighted by atomic mass is 16.2. The molecule has 1 aliphatic heterocycles. The van der Waals surface area contributed by atoms with E-state index in [1.807, 2.05) is 19.2 Å². The molecule has 0 bridgehead atoms. The maximum absolute atomic E-state index is 12.4. The average Bonchev–Trinajstić information content (AvgIpc) is 2.58. The molecule has 1 spiro atoms. The van der Waals surface area contributed by atoms with Gasteiger partial charge in [-0.15, -0.1) is 0 Å². The number of aromatic nitrogens is 1. The van der Waals surface area contributed by atoms with Crippen LogP contribution in [0, 0.1) is 6.92 Å². The molecule has 1 saturated carbocycles. The molecule has 3 rings (SSSR count). The molecule has 0 unspecified atom stereocenters. The highest BCUT2D eigenvalue weighted by Crippen LogP contribution is 2.37. The SMILES string of the molecule is Cc1cnc2c(c1)NC(=O)C1(CCCCCC1)N2. The zero-order chi connectivity index (χ0) is 12.6. The van der Waals surface area contributed by atoms with Crippen molar-refractivity contribution in [2.45, 2.75) is 51.0 Å². The lowest BCUT2D eigenvalue weighted by molar-refractivity contribution is -0.121. The molecule has 1 aromatic heterocycles. The third-order valence-electron chi connectivity index (χ3n) is 4.02. The predicted octanol–water partition coefficient (Wildman–Crippen LogP) is 2.85. The van der Waals surface area contributed by atoms with Crippen molar-refractivity contribution in [2.75, 3.05) is 10.6 Å². The number of hydrogen-bond donors (Lipinski definition) is 2. The van der Waals surface area contributed by atoms with Gasteiger partial charge in [-0.2, -0.15) is 0 Å². The van der Waals surface area contributed by atoms with Gasteiger partial charge in [0.15, 0.2) is 5.82 Å². The van der Waals surface area contributed by atoms with Crippen LogP contribution in [0.4, 0.5) is 11.5 Å². The summed E-state index contributed by atoms with van der Waals surface area (Å²) in [6, 6.07) is 1.97. The van der Waals surface area contributed by atoms with Gasteiger partial charge >= 0.3 is 0 Å². The van der Waals surface area contributed by atoms with Crippen LogP contribution in [0.3, 0.4) is 0 Å². The number of anilines is 2. The predicted molar refractivity (Wildman–Crippen MR) is 71.7 cm³/mol. The van der Waals surface area contributed by atoms with E-state index in [-0.39, 0.29) is 5.91 Å². The van der Waals surface area contributed by atoms with Gasteiger partial charge in [0.05, 0.1) is 5.69 Å². The van der Waals surface area contributed by atoms with Gasteiger partial charge < -0.3 is 10.6 Å². The quantitative estimate of drug-likeness (QED) is 0.739. The van der Waals surface area contributed by atoms with Gasteiger partial charge in [-0.05, 0) is 31.4 Å². The summed E-state index contributed by atoms with van der Waals surface area (Å²) in [7, 11) is 0. The van der Waals surface area contributed by atoms with Crippen LogP contribution in [-0.4, -0.2) is 16.4 Å². The molecular formula is C14H19N3O. The standard InChI is InChI=1S/C14H19N3O/c1-10-8-11-12(15-9-10)17-14(13(18)16-11)6-4-2-3-5-7-14/h8-9H,2-7H2,1H3,(H,15,17)(H,16,18). The Bertz CT molecular complexity index is 476. The second-order valence-corrected chi connectivity index (χ2v) is 5.48. The van der Waals surface area contributed by atoms with Crippen molar-refractivity contribution in [3.8, 4) is 0 Å². The van der Waals surface area contributed by atoms with Gasteiger partial charge in [-0.25, -0.2) is 4.98 Å². The highest BCUT2D eigenvalue weighted by molar-refractivity contribution is 6.05.